The van der Waals surface area contributed by atoms with Gasteiger partial charge in [0.05, 0.1) is 0 Å². The maximum Gasteiger partial charge on any atom is 0.00555 e. The summed E-state index contributed by atoms with van der Waals surface area (Å²) >= 11 is 0. The average molecular weight is 324 g/mol. The smallest absolute Gasteiger partial charge is 0.00555 e. The highest BCUT2D eigenvalue weighted by atomic mass is 15.0. The van der Waals surface area contributed by atoms with Crippen LogP contribution in [0.2, 0.25) is 0 Å². The first-order valence-electron chi connectivity index (χ1n) is 10.2. The highest BCUT2D eigenvalue weighted by Crippen LogP contribution is 2.22. The monoisotopic (exact) mass is 323 g/mol. The van der Waals surface area contributed by atoms with E-state index in [0.29, 0.717) is 5.92 Å². The van der Waals surface area contributed by atoms with Crippen LogP contribution in [0.4, 0.5) is 0 Å². The van der Waals surface area contributed by atoms with Gasteiger partial charge < -0.3 is 4.90 Å². The van der Waals surface area contributed by atoms with Crippen molar-refractivity contribution in [1.82, 2.24) is 4.90 Å². The summed E-state index contributed by atoms with van der Waals surface area (Å²) in [5.74, 6) is 3.42. The quantitative estimate of drug-likeness (QED) is 0.328. The minimum atomic E-state index is 0.713. The van der Waals surface area contributed by atoms with E-state index in [1.165, 1.54) is 57.8 Å². The first-order chi connectivity index (χ1) is 10.8. The molecule has 0 amide bonds. The van der Waals surface area contributed by atoms with Gasteiger partial charge in [-0.25, -0.2) is 0 Å². The van der Waals surface area contributed by atoms with Gasteiger partial charge in [-0.2, -0.15) is 0 Å². The van der Waals surface area contributed by atoms with Crippen molar-refractivity contribution in [1.29, 1.82) is 0 Å². The molecule has 0 saturated heterocycles. The van der Waals surface area contributed by atoms with Crippen molar-refractivity contribution in [3.63, 3.8) is 0 Å². The third-order valence-corrected chi connectivity index (χ3v) is 4.94. The largest absolute Gasteiger partial charge is 0.384 e. The van der Waals surface area contributed by atoms with Crippen LogP contribution < -0.4 is 0 Å². The van der Waals surface area contributed by atoms with Crippen LogP contribution in [0.3, 0.4) is 0 Å². The van der Waals surface area contributed by atoms with Gasteiger partial charge in [0.15, 0.2) is 0 Å². The van der Waals surface area contributed by atoms with Crippen molar-refractivity contribution < 1.29 is 0 Å². The first kappa shape index (κ1) is 22.5. The zero-order valence-electron chi connectivity index (χ0n) is 17.3. The maximum atomic E-state index is 2.45. The molecule has 0 aliphatic rings. The molecule has 0 spiro atoms. The molecule has 0 bridgehead atoms. The fourth-order valence-corrected chi connectivity index (χ4v) is 3.18. The van der Waals surface area contributed by atoms with E-state index in [-0.39, 0.29) is 0 Å². The molecule has 0 aromatic rings. The van der Waals surface area contributed by atoms with Crippen molar-refractivity contribution in [3.05, 3.63) is 12.3 Å². The van der Waals surface area contributed by atoms with E-state index < -0.39 is 0 Å². The van der Waals surface area contributed by atoms with Crippen molar-refractivity contribution in [2.24, 2.45) is 23.7 Å². The summed E-state index contributed by atoms with van der Waals surface area (Å²) in [6, 6.07) is 0. The Kier molecular flexibility index (Phi) is 13.7. The van der Waals surface area contributed by atoms with Crippen molar-refractivity contribution in [3.8, 4) is 0 Å². The molecule has 3 atom stereocenters. The van der Waals surface area contributed by atoms with Crippen LogP contribution in [-0.2, 0) is 0 Å². The molecule has 0 radical (unpaired) electrons. The molecule has 0 N–H and O–H groups in total. The van der Waals surface area contributed by atoms with Gasteiger partial charge in [0.1, 0.15) is 0 Å². The summed E-state index contributed by atoms with van der Waals surface area (Å²) < 4.78 is 0. The zero-order chi connectivity index (χ0) is 17.7. The number of allylic oxidation sites excluding steroid dienone is 1. The Hall–Kier alpha value is -0.460. The van der Waals surface area contributed by atoms with Gasteiger partial charge in [0, 0.05) is 14.1 Å². The molecule has 0 saturated carbocycles. The molecule has 23 heavy (non-hydrogen) atoms. The van der Waals surface area contributed by atoms with E-state index in [4.69, 9.17) is 0 Å². The number of rotatable bonds is 14. The molecule has 138 valence electrons. The van der Waals surface area contributed by atoms with Crippen molar-refractivity contribution in [2.75, 3.05) is 14.1 Å². The summed E-state index contributed by atoms with van der Waals surface area (Å²) in [7, 11) is 4.18. The summed E-state index contributed by atoms with van der Waals surface area (Å²) in [4.78, 5) is 2.13. The standard InChI is InChI=1S/C22H45N/c1-19(2)11-8-12-20(3)13-9-14-21(4)15-10-16-22(5)17-18-23(6)7/h17-22H,8-16H2,1-7H3/b18-17+. The summed E-state index contributed by atoms with van der Waals surface area (Å²) in [6.07, 6.45) is 17.2. The molecular formula is C22H45N. The second-order valence-electron chi connectivity index (χ2n) is 8.68. The predicted molar refractivity (Wildman–Crippen MR) is 107 cm³/mol. The van der Waals surface area contributed by atoms with Crippen LogP contribution in [-0.4, -0.2) is 19.0 Å². The molecular weight excluding hydrogens is 278 g/mol. The van der Waals surface area contributed by atoms with Gasteiger partial charge in [-0.15, -0.1) is 0 Å². The Morgan fingerprint density at radius 1 is 0.652 bits per heavy atom. The van der Waals surface area contributed by atoms with Gasteiger partial charge in [-0.1, -0.05) is 92.1 Å². The fourth-order valence-electron chi connectivity index (χ4n) is 3.18. The Bertz CT molecular complexity index is 280. The van der Waals surface area contributed by atoms with Gasteiger partial charge in [0.2, 0.25) is 0 Å². The fraction of sp³-hybridized carbons (Fsp3) is 0.909. The lowest BCUT2D eigenvalue weighted by atomic mass is 9.91. The highest BCUT2D eigenvalue weighted by molar-refractivity contribution is 4.84. The molecule has 3 unspecified atom stereocenters. The zero-order valence-corrected chi connectivity index (χ0v) is 17.3. The Morgan fingerprint density at radius 3 is 1.52 bits per heavy atom. The van der Waals surface area contributed by atoms with Crippen LogP contribution in [0.15, 0.2) is 12.3 Å². The highest BCUT2D eigenvalue weighted by Gasteiger charge is 2.07. The number of nitrogens with zero attached hydrogens (tertiary/aromatic N) is 1. The van der Waals surface area contributed by atoms with Gasteiger partial charge >= 0.3 is 0 Å². The van der Waals surface area contributed by atoms with E-state index in [1.807, 2.05) is 0 Å². The summed E-state index contributed by atoms with van der Waals surface area (Å²) in [5, 5.41) is 0. The van der Waals surface area contributed by atoms with Crippen LogP contribution in [0.1, 0.15) is 92.4 Å². The maximum absolute atomic E-state index is 2.45. The van der Waals surface area contributed by atoms with Crippen LogP contribution in [0.5, 0.6) is 0 Å². The number of hydrogen-bond donors (Lipinski definition) is 0. The molecule has 0 aliphatic heterocycles. The lowest BCUT2D eigenvalue weighted by molar-refractivity contribution is 0.383. The van der Waals surface area contributed by atoms with Gasteiger partial charge in [-0.05, 0) is 36.3 Å². The van der Waals surface area contributed by atoms with E-state index >= 15 is 0 Å². The summed E-state index contributed by atoms with van der Waals surface area (Å²) in [6.45, 7) is 11.9. The third-order valence-electron chi connectivity index (χ3n) is 4.94. The molecule has 0 aromatic carbocycles. The molecule has 0 heterocycles. The number of hydrogen-bond acceptors (Lipinski definition) is 1. The first-order valence-corrected chi connectivity index (χ1v) is 10.2. The van der Waals surface area contributed by atoms with Crippen LogP contribution in [0.25, 0.3) is 0 Å². The van der Waals surface area contributed by atoms with E-state index in [9.17, 15) is 0 Å². The van der Waals surface area contributed by atoms with Crippen molar-refractivity contribution in [2.45, 2.75) is 92.4 Å². The average Bonchev–Trinajstić information content (AvgIpc) is 2.44. The molecule has 0 fully saturated rings. The molecule has 0 rings (SSSR count). The lowest BCUT2D eigenvalue weighted by Gasteiger charge is -2.15. The predicted octanol–water partition coefficient (Wildman–Crippen LogP) is 7.14. The lowest BCUT2D eigenvalue weighted by Crippen LogP contribution is -2.03. The van der Waals surface area contributed by atoms with E-state index in [1.54, 1.807) is 0 Å². The second kappa shape index (κ2) is 13.9. The second-order valence-corrected chi connectivity index (χ2v) is 8.68. The normalized spacial score (nSPS) is 16.0. The van der Waals surface area contributed by atoms with Crippen LogP contribution >= 0.6 is 0 Å². The minimum Gasteiger partial charge on any atom is -0.384 e. The molecule has 0 aromatic heterocycles. The SMILES string of the molecule is CC(C)CCCC(C)CCCC(C)CCCC(C)/C=C/N(C)C. The third kappa shape index (κ3) is 16.2. The van der Waals surface area contributed by atoms with Gasteiger partial charge in [-0.3, -0.25) is 0 Å². The summed E-state index contributed by atoms with van der Waals surface area (Å²) in [5.41, 5.74) is 0. The molecule has 1 heteroatoms. The van der Waals surface area contributed by atoms with E-state index in [0.717, 1.165) is 17.8 Å². The minimum absolute atomic E-state index is 0.713. The Morgan fingerprint density at radius 2 is 1.09 bits per heavy atom. The molecule has 0 aliphatic carbocycles. The topological polar surface area (TPSA) is 3.24 Å². The van der Waals surface area contributed by atoms with Crippen LogP contribution in [0, 0.1) is 23.7 Å². The Labute approximate surface area is 147 Å². The molecule has 1 nitrogen and oxygen atoms in total. The Balaban J connectivity index is 3.58. The van der Waals surface area contributed by atoms with Gasteiger partial charge in [0.25, 0.3) is 0 Å². The van der Waals surface area contributed by atoms with Crippen molar-refractivity contribution >= 4 is 0 Å². The van der Waals surface area contributed by atoms with E-state index in [2.05, 4.69) is 65.9 Å².